The normalized spacial score (nSPS) is 16.5. The lowest BCUT2D eigenvalue weighted by atomic mass is 9.87. The van der Waals surface area contributed by atoms with Crippen LogP contribution in [0.2, 0.25) is 0 Å². The van der Waals surface area contributed by atoms with Gasteiger partial charge in [0.25, 0.3) is 5.91 Å². The Kier molecular flexibility index (Phi) is 8.62. The minimum Gasteiger partial charge on any atom is -0.383 e. The van der Waals surface area contributed by atoms with E-state index in [4.69, 9.17) is 9.84 Å². The Bertz CT molecular complexity index is 1870. The van der Waals surface area contributed by atoms with E-state index in [1.165, 1.54) is 33.8 Å². The van der Waals surface area contributed by atoms with Crippen LogP contribution in [-0.2, 0) is 28.7 Å². The molecule has 7 rings (SSSR count). The number of thiazole rings is 1. The van der Waals surface area contributed by atoms with E-state index in [-0.39, 0.29) is 10.9 Å². The van der Waals surface area contributed by atoms with Gasteiger partial charge in [0, 0.05) is 49.1 Å². The van der Waals surface area contributed by atoms with Gasteiger partial charge >= 0.3 is 6.18 Å². The van der Waals surface area contributed by atoms with E-state index < -0.39 is 23.7 Å². The predicted octanol–water partition coefficient (Wildman–Crippen LogP) is 6.68. The molecule has 3 aromatic heterocycles. The third kappa shape index (κ3) is 6.19. The highest BCUT2D eigenvalue weighted by Crippen LogP contribution is 2.41. The van der Waals surface area contributed by atoms with Crippen LogP contribution in [0.15, 0.2) is 54.4 Å². The number of carbonyl (C=O) groups is 1. The minimum absolute atomic E-state index is 0.0569. The minimum atomic E-state index is -4.64. The molecule has 1 unspecified atom stereocenters. The zero-order chi connectivity index (χ0) is 32.7. The SMILES string of the molecule is COCCN1CCC(c2ccc(-c3cc(C(F)(F)F)c4cn(C(C(=O)Nc5nccs5)c5ncn6c5CCC6)nc4c3C)cc2)CC1. The van der Waals surface area contributed by atoms with Crippen LogP contribution in [0.1, 0.15) is 59.3 Å². The van der Waals surface area contributed by atoms with Crippen LogP contribution in [0.4, 0.5) is 18.3 Å². The molecule has 9 nitrogen and oxygen atoms in total. The van der Waals surface area contributed by atoms with E-state index in [1.54, 1.807) is 31.9 Å². The van der Waals surface area contributed by atoms with Gasteiger partial charge in [0.1, 0.15) is 0 Å². The van der Waals surface area contributed by atoms with Gasteiger partial charge in [-0.1, -0.05) is 24.3 Å². The number of carbonyl (C=O) groups excluding carboxylic acids is 1. The molecule has 2 aromatic carbocycles. The number of aromatic nitrogens is 5. The molecule has 1 fully saturated rings. The number of hydrogen-bond acceptors (Lipinski definition) is 7. The Labute approximate surface area is 274 Å². The molecule has 5 heterocycles. The standard InChI is InChI=1S/C34H36F3N7O2S/c1-21-25(24-7-5-22(6-8-24)23-9-13-42(14-10-23)15-16-46-2)18-27(34(35,36)37)26-19-44(41-29(21)26)31(32(45)40-33-38-11-17-47-33)30-28-4-3-12-43(28)20-39-30/h5-8,11,17-20,23,31H,3-4,9-10,12-16H2,1-2H3,(H,38,40,45). The van der Waals surface area contributed by atoms with Crippen LogP contribution < -0.4 is 5.32 Å². The molecule has 0 aliphatic carbocycles. The van der Waals surface area contributed by atoms with Gasteiger partial charge in [-0.15, -0.1) is 11.3 Å². The number of anilines is 1. The zero-order valence-electron chi connectivity index (χ0n) is 26.3. The van der Waals surface area contributed by atoms with Crippen molar-refractivity contribution < 1.29 is 22.7 Å². The van der Waals surface area contributed by atoms with Crippen molar-refractivity contribution in [3.8, 4) is 11.1 Å². The molecule has 13 heteroatoms. The molecule has 1 N–H and O–H groups in total. The number of nitrogens with one attached hydrogen (secondary N) is 1. The summed E-state index contributed by atoms with van der Waals surface area (Å²) in [6, 6.07) is 8.04. The van der Waals surface area contributed by atoms with Gasteiger partial charge in [-0.3, -0.25) is 14.8 Å². The van der Waals surface area contributed by atoms with Gasteiger partial charge in [0.2, 0.25) is 0 Å². The van der Waals surface area contributed by atoms with Gasteiger partial charge in [-0.25, -0.2) is 9.97 Å². The number of alkyl halides is 3. The highest BCUT2D eigenvalue weighted by atomic mass is 32.1. The molecule has 1 saturated heterocycles. The van der Waals surface area contributed by atoms with Crippen molar-refractivity contribution in [1.29, 1.82) is 0 Å². The predicted molar refractivity (Wildman–Crippen MR) is 175 cm³/mol. The second-order valence-corrected chi connectivity index (χ2v) is 13.2. The number of aryl methyl sites for hydroxylation is 2. The first-order valence-electron chi connectivity index (χ1n) is 15.9. The quantitative estimate of drug-likeness (QED) is 0.189. The first-order valence-corrected chi connectivity index (χ1v) is 16.7. The van der Waals surface area contributed by atoms with E-state index in [9.17, 15) is 18.0 Å². The number of rotatable bonds is 9. The molecule has 246 valence electrons. The fraction of sp³-hybridized carbons (Fsp3) is 0.412. The number of amides is 1. The number of benzene rings is 2. The van der Waals surface area contributed by atoms with Crippen molar-refractivity contribution in [1.82, 2.24) is 29.2 Å². The molecule has 0 radical (unpaired) electrons. The largest absolute Gasteiger partial charge is 0.417 e. The number of fused-ring (bicyclic) bond motifs is 2. The average Bonchev–Trinajstić information content (AvgIpc) is 3.87. The smallest absolute Gasteiger partial charge is 0.383 e. The number of halogens is 3. The van der Waals surface area contributed by atoms with Crippen LogP contribution in [0.5, 0.6) is 0 Å². The molecule has 1 amide bonds. The molecule has 47 heavy (non-hydrogen) atoms. The Morgan fingerprint density at radius 2 is 1.94 bits per heavy atom. The van der Waals surface area contributed by atoms with Crippen molar-refractivity contribution in [2.24, 2.45) is 0 Å². The Morgan fingerprint density at radius 3 is 2.64 bits per heavy atom. The topological polar surface area (TPSA) is 90.1 Å². The van der Waals surface area contributed by atoms with Crippen LogP contribution in [-0.4, -0.2) is 68.5 Å². The molecule has 2 aliphatic rings. The lowest BCUT2D eigenvalue weighted by molar-refractivity contribution is -0.136. The second-order valence-electron chi connectivity index (χ2n) is 12.3. The zero-order valence-corrected chi connectivity index (χ0v) is 27.1. The van der Waals surface area contributed by atoms with Crippen molar-refractivity contribution in [2.75, 3.05) is 38.7 Å². The summed E-state index contributed by atoms with van der Waals surface area (Å²) in [6.07, 6.45) is 3.64. The maximum Gasteiger partial charge on any atom is 0.417 e. The van der Waals surface area contributed by atoms with Crippen LogP contribution in [0.3, 0.4) is 0 Å². The second kappa shape index (κ2) is 12.9. The first kappa shape index (κ1) is 31.5. The first-order chi connectivity index (χ1) is 22.7. The van der Waals surface area contributed by atoms with Crippen LogP contribution in [0.25, 0.3) is 22.0 Å². The van der Waals surface area contributed by atoms with Gasteiger partial charge in [-0.05, 0) is 79.9 Å². The summed E-state index contributed by atoms with van der Waals surface area (Å²) in [7, 11) is 1.71. The lowest BCUT2D eigenvalue weighted by Gasteiger charge is -2.32. The fourth-order valence-corrected chi connectivity index (χ4v) is 7.53. The number of imidazole rings is 1. The van der Waals surface area contributed by atoms with Crippen molar-refractivity contribution >= 4 is 33.3 Å². The maximum atomic E-state index is 14.7. The fourth-order valence-electron chi connectivity index (χ4n) is 7.00. The maximum absolute atomic E-state index is 14.7. The summed E-state index contributed by atoms with van der Waals surface area (Å²) in [6.45, 7) is 6.19. The molecule has 0 bridgehead atoms. The van der Waals surface area contributed by atoms with E-state index in [2.05, 4.69) is 20.2 Å². The molecular formula is C34H36F3N7O2S. The van der Waals surface area contributed by atoms with Crippen molar-refractivity contribution in [3.63, 3.8) is 0 Å². The summed E-state index contributed by atoms with van der Waals surface area (Å²) in [5.74, 6) is -0.0579. The molecule has 5 aromatic rings. The number of methoxy groups -OCH3 is 1. The van der Waals surface area contributed by atoms with E-state index in [0.29, 0.717) is 40.0 Å². The van der Waals surface area contributed by atoms with E-state index in [1.807, 2.05) is 28.8 Å². The van der Waals surface area contributed by atoms with Crippen molar-refractivity contribution in [3.05, 3.63) is 82.5 Å². The Balaban J connectivity index is 1.25. The van der Waals surface area contributed by atoms with E-state index in [0.717, 1.165) is 57.6 Å². The summed E-state index contributed by atoms with van der Waals surface area (Å²) in [5, 5.41) is 9.58. The highest BCUT2D eigenvalue weighted by Gasteiger charge is 2.37. The van der Waals surface area contributed by atoms with Crippen LogP contribution in [0, 0.1) is 6.92 Å². The summed E-state index contributed by atoms with van der Waals surface area (Å²) in [5.41, 5.74) is 3.74. The summed E-state index contributed by atoms with van der Waals surface area (Å²) in [4.78, 5) is 24.9. The van der Waals surface area contributed by atoms with E-state index >= 15 is 0 Å². The summed E-state index contributed by atoms with van der Waals surface area (Å²) < 4.78 is 52.6. The molecule has 0 saturated carbocycles. The third-order valence-corrected chi connectivity index (χ3v) is 10.2. The lowest BCUT2D eigenvalue weighted by Crippen LogP contribution is -2.35. The summed E-state index contributed by atoms with van der Waals surface area (Å²) >= 11 is 1.26. The number of ether oxygens (including phenoxy) is 1. The molecule has 1 atom stereocenters. The highest BCUT2D eigenvalue weighted by molar-refractivity contribution is 7.13. The Hall–Kier alpha value is -4.07. The molecule has 0 spiro atoms. The number of piperidine rings is 1. The van der Waals surface area contributed by atoms with Crippen LogP contribution >= 0.6 is 11.3 Å². The number of hydrogen-bond donors (Lipinski definition) is 1. The number of nitrogens with zero attached hydrogens (tertiary/aromatic N) is 6. The monoisotopic (exact) mass is 663 g/mol. The van der Waals surface area contributed by atoms with Crippen molar-refractivity contribution in [2.45, 2.75) is 57.3 Å². The average molecular weight is 664 g/mol. The van der Waals surface area contributed by atoms with Gasteiger partial charge < -0.3 is 14.2 Å². The Morgan fingerprint density at radius 1 is 1.15 bits per heavy atom. The third-order valence-electron chi connectivity index (χ3n) is 9.49. The van der Waals surface area contributed by atoms with Gasteiger partial charge in [0.15, 0.2) is 11.2 Å². The molecule has 2 aliphatic heterocycles. The molecular weight excluding hydrogens is 627 g/mol. The number of likely N-dealkylation sites (tertiary alicyclic amines) is 1. The van der Waals surface area contributed by atoms with Gasteiger partial charge in [0.05, 0.1) is 29.7 Å². The van der Waals surface area contributed by atoms with Gasteiger partial charge in [-0.2, -0.15) is 18.3 Å².